The van der Waals surface area contributed by atoms with E-state index in [0.29, 0.717) is 41.8 Å². The third-order valence-corrected chi connectivity index (χ3v) is 12.9. The van der Waals surface area contributed by atoms with E-state index in [1.807, 2.05) is 11.8 Å². The average Bonchev–Trinajstić information content (AvgIpc) is 3.37. The van der Waals surface area contributed by atoms with E-state index in [0.717, 1.165) is 70.9 Å². The first kappa shape index (κ1) is 29.5. The Bertz CT molecular complexity index is 983. The maximum atomic E-state index is 14.3. The fourth-order valence-corrected chi connectivity index (χ4v) is 11.0. The van der Waals surface area contributed by atoms with E-state index in [-0.39, 0.29) is 30.1 Å². The van der Waals surface area contributed by atoms with Crippen molar-refractivity contribution >= 4 is 11.8 Å². The van der Waals surface area contributed by atoms with Gasteiger partial charge >= 0.3 is 0 Å². The second kappa shape index (κ2) is 12.3. The minimum atomic E-state index is -0.401. The Morgan fingerprint density at radius 1 is 0.881 bits per heavy atom. The fraction of sp³-hybridized carbons (Fsp3) is 0.939. The molecular formula is C33H55N4O5+. The zero-order valence-electron chi connectivity index (χ0n) is 26.2. The zero-order valence-corrected chi connectivity index (χ0v) is 26.2. The normalized spacial score (nSPS) is 43.5. The van der Waals surface area contributed by atoms with Crippen LogP contribution < -0.4 is 5.32 Å². The van der Waals surface area contributed by atoms with Crippen LogP contribution in [0.4, 0.5) is 0 Å². The second-order valence-electron chi connectivity index (χ2n) is 14.6. The van der Waals surface area contributed by atoms with Gasteiger partial charge < -0.3 is 29.3 Å². The standard InChI is InChI=1S/C33H54N4O5/c1-20(32(38)36-17-15-35(16-18-36)21-7-5-4-6-8-21)42-22-9-11-26-25(19-22)23-13-14-34-29-24-10-12-27(40-2)31(41-3)28(24)33(39)37(26)30(23)29/h20-31,34H,4-19H2,1-3H3/p+1/t20-,22?,23?,24?,25?,26?,27?,28?,29?,30?,31?/m1/s1. The number of fused-ring (bicyclic) bond motifs is 5. The molecule has 42 heavy (non-hydrogen) atoms. The number of piperidine rings is 2. The lowest BCUT2D eigenvalue weighted by atomic mass is 9.64. The van der Waals surface area contributed by atoms with E-state index in [1.54, 1.807) is 14.2 Å². The van der Waals surface area contributed by atoms with Gasteiger partial charge in [0, 0.05) is 64.8 Å². The van der Waals surface area contributed by atoms with E-state index >= 15 is 0 Å². The smallest absolute Gasteiger partial charge is 0.251 e. The summed E-state index contributed by atoms with van der Waals surface area (Å²) >= 11 is 0. The lowest BCUT2D eigenvalue weighted by molar-refractivity contribution is -0.713. The lowest BCUT2D eigenvalue weighted by Crippen LogP contribution is -2.99. The minimum Gasteiger partial charge on any atom is -0.379 e. The molecule has 0 aromatic carbocycles. The molecule has 236 valence electrons. The number of rotatable bonds is 6. The van der Waals surface area contributed by atoms with Gasteiger partial charge in [0.1, 0.15) is 12.1 Å². The predicted molar refractivity (Wildman–Crippen MR) is 158 cm³/mol. The summed E-state index contributed by atoms with van der Waals surface area (Å²) in [7, 11) is 3.51. The Morgan fingerprint density at radius 3 is 2.40 bits per heavy atom. The molecule has 4 heterocycles. The van der Waals surface area contributed by atoms with Crippen LogP contribution in [-0.4, -0.2) is 122 Å². The summed E-state index contributed by atoms with van der Waals surface area (Å²) in [6.07, 6.45) is 12.3. The molecule has 0 spiro atoms. The van der Waals surface area contributed by atoms with Crippen LogP contribution in [0.2, 0.25) is 0 Å². The largest absolute Gasteiger partial charge is 0.379 e. The average molecular weight is 588 g/mol. The van der Waals surface area contributed by atoms with Crippen LogP contribution >= 0.6 is 0 Å². The van der Waals surface area contributed by atoms with Crippen molar-refractivity contribution in [1.29, 1.82) is 0 Å². The molecule has 3 saturated carbocycles. The van der Waals surface area contributed by atoms with Crippen LogP contribution in [0.5, 0.6) is 0 Å². The first-order valence-corrected chi connectivity index (χ1v) is 17.4. The van der Waals surface area contributed by atoms with Gasteiger partial charge in [-0.15, -0.1) is 0 Å². The van der Waals surface area contributed by atoms with E-state index in [2.05, 4.69) is 15.1 Å². The second-order valence-corrected chi connectivity index (χ2v) is 14.6. The Morgan fingerprint density at radius 2 is 1.67 bits per heavy atom. The van der Waals surface area contributed by atoms with Crippen molar-refractivity contribution in [3.63, 3.8) is 0 Å². The van der Waals surface area contributed by atoms with Crippen molar-refractivity contribution in [2.24, 2.45) is 23.7 Å². The summed E-state index contributed by atoms with van der Waals surface area (Å²) in [5.74, 6) is 1.75. The quantitative estimate of drug-likeness (QED) is 0.509. The van der Waals surface area contributed by atoms with Gasteiger partial charge in [0.15, 0.2) is 0 Å². The molecule has 9 nitrogen and oxygen atoms in total. The number of amides is 2. The first-order chi connectivity index (χ1) is 20.5. The van der Waals surface area contributed by atoms with Crippen LogP contribution in [0, 0.1) is 23.7 Å². The highest BCUT2D eigenvalue weighted by molar-refractivity contribution is 5.83. The number of carbonyl (C=O) groups is 2. The number of methoxy groups -OCH3 is 2. The summed E-state index contributed by atoms with van der Waals surface area (Å²) in [5, 5.41) is 2.55. The number of hydrogen-bond acceptors (Lipinski definition) is 6. The molecule has 0 aromatic rings. The number of hydrogen-bond donors (Lipinski definition) is 1. The number of piperazine rings is 1. The van der Waals surface area contributed by atoms with Crippen LogP contribution in [-0.2, 0) is 23.8 Å². The van der Waals surface area contributed by atoms with Crippen molar-refractivity contribution in [2.75, 3.05) is 46.9 Å². The van der Waals surface area contributed by atoms with Gasteiger partial charge in [-0.2, -0.15) is 0 Å². The number of nitrogens with zero attached hydrogens (tertiary/aromatic N) is 3. The van der Waals surface area contributed by atoms with E-state index in [4.69, 9.17) is 14.2 Å². The Balaban J connectivity index is 0.990. The molecule has 7 fully saturated rings. The highest BCUT2D eigenvalue weighted by atomic mass is 16.5. The highest BCUT2D eigenvalue weighted by Gasteiger charge is 2.66. The third-order valence-electron chi connectivity index (χ3n) is 12.9. The molecule has 2 N–H and O–H groups in total. The minimum absolute atomic E-state index is 0.00654. The molecule has 0 radical (unpaired) electrons. The molecule has 7 rings (SSSR count). The maximum Gasteiger partial charge on any atom is 0.251 e. The molecule has 0 bridgehead atoms. The summed E-state index contributed by atoms with van der Waals surface area (Å²) in [4.78, 5) is 34.8. The molecule has 10 unspecified atom stereocenters. The molecule has 3 aliphatic carbocycles. The molecular weight excluding hydrogens is 532 g/mol. The SMILES string of the molecule is COC1CCC2C3[NH2+]CCC4C5CC(O[C@H](C)C(=O)N6CCN(C7CCCCC7)CC6)CCC5N(C(=O)C2C1OC)C43. The van der Waals surface area contributed by atoms with E-state index in [1.165, 1.54) is 38.5 Å². The van der Waals surface area contributed by atoms with Crippen molar-refractivity contribution in [2.45, 2.75) is 126 Å². The van der Waals surface area contributed by atoms with Crippen molar-refractivity contribution in [1.82, 2.24) is 14.7 Å². The number of carbonyl (C=O) groups excluding carboxylic acids is 2. The van der Waals surface area contributed by atoms with E-state index in [9.17, 15) is 9.59 Å². The van der Waals surface area contributed by atoms with Gasteiger partial charge in [0.2, 0.25) is 5.91 Å². The maximum absolute atomic E-state index is 14.3. The monoisotopic (exact) mass is 587 g/mol. The predicted octanol–water partition coefficient (Wildman–Crippen LogP) is 1.64. The molecule has 4 aliphatic heterocycles. The van der Waals surface area contributed by atoms with Gasteiger partial charge in [0.25, 0.3) is 5.91 Å². The highest BCUT2D eigenvalue weighted by Crippen LogP contribution is 2.53. The third kappa shape index (κ3) is 5.03. The molecule has 11 atom stereocenters. The van der Waals surface area contributed by atoms with Crippen molar-refractivity contribution < 1.29 is 29.1 Å². The van der Waals surface area contributed by atoms with Gasteiger partial charge in [-0.05, 0) is 63.7 Å². The summed E-state index contributed by atoms with van der Waals surface area (Å²) in [5.41, 5.74) is 0. The van der Waals surface area contributed by atoms with Crippen LogP contribution in [0.1, 0.15) is 77.6 Å². The molecule has 9 heteroatoms. The molecule has 2 amide bonds. The van der Waals surface area contributed by atoms with Crippen molar-refractivity contribution in [3.05, 3.63) is 0 Å². The molecule has 0 aromatic heterocycles. The van der Waals surface area contributed by atoms with Gasteiger partial charge in [0.05, 0.1) is 36.8 Å². The van der Waals surface area contributed by atoms with Gasteiger partial charge in [-0.3, -0.25) is 14.5 Å². The Hall–Kier alpha value is -1.26. The molecule has 4 saturated heterocycles. The zero-order chi connectivity index (χ0) is 29.0. The number of quaternary nitrogens is 1. The molecule has 7 aliphatic rings. The first-order valence-electron chi connectivity index (χ1n) is 17.4. The number of nitrogens with two attached hydrogens (primary N) is 1. The van der Waals surface area contributed by atoms with Crippen molar-refractivity contribution in [3.8, 4) is 0 Å². The lowest BCUT2D eigenvalue weighted by Gasteiger charge is -2.53. The topological polar surface area (TPSA) is 88.2 Å². The van der Waals surface area contributed by atoms with Gasteiger partial charge in [-0.1, -0.05) is 19.3 Å². The summed E-state index contributed by atoms with van der Waals surface area (Å²) < 4.78 is 18.4. The Kier molecular flexibility index (Phi) is 8.60. The van der Waals surface area contributed by atoms with E-state index < -0.39 is 6.10 Å². The Labute approximate surface area is 252 Å². The van der Waals surface area contributed by atoms with Crippen LogP contribution in [0.25, 0.3) is 0 Å². The fourth-order valence-electron chi connectivity index (χ4n) is 11.0. The number of ether oxygens (including phenoxy) is 3. The van der Waals surface area contributed by atoms with Crippen LogP contribution in [0.3, 0.4) is 0 Å². The van der Waals surface area contributed by atoms with Gasteiger partial charge in [-0.25, -0.2) is 0 Å². The van der Waals surface area contributed by atoms with Crippen LogP contribution in [0.15, 0.2) is 0 Å². The summed E-state index contributed by atoms with van der Waals surface area (Å²) in [6.45, 7) is 6.75. The summed E-state index contributed by atoms with van der Waals surface area (Å²) in [6, 6.07) is 1.80.